The number of ether oxygens (including phenoxy) is 3. The number of piperidine rings is 1. The molecule has 2 saturated heterocycles. The third kappa shape index (κ3) is 14.4. The lowest BCUT2D eigenvalue weighted by molar-refractivity contribution is -0.256. The maximum Gasteiger partial charge on any atom is 0.408 e. The molecule has 314 valence electrons. The van der Waals surface area contributed by atoms with Gasteiger partial charge in [-0.15, -0.1) is 0 Å². The fourth-order valence-electron chi connectivity index (χ4n) is 7.65. The first-order valence-electron chi connectivity index (χ1n) is 20.0. The number of amides is 4. The molecule has 4 amide bonds. The van der Waals surface area contributed by atoms with Crippen LogP contribution < -0.4 is 16.0 Å². The lowest BCUT2D eigenvalue weighted by atomic mass is 9.80. The van der Waals surface area contributed by atoms with E-state index in [9.17, 15) is 29.2 Å². The number of likely N-dealkylation sites (tertiary alicyclic amines) is 1. The highest BCUT2D eigenvalue weighted by atomic mass is 16.6. The fraction of sp³-hybridized carbons (Fsp3) is 0.690. The highest BCUT2D eigenvalue weighted by molar-refractivity contribution is 5.92. The summed E-state index contributed by atoms with van der Waals surface area (Å²) in [4.78, 5) is 67.8. The van der Waals surface area contributed by atoms with Crippen molar-refractivity contribution < 1.29 is 43.4 Å². The number of esters is 1. The maximum absolute atomic E-state index is 14.3. The van der Waals surface area contributed by atoms with Crippen LogP contribution in [-0.2, 0) is 35.0 Å². The summed E-state index contributed by atoms with van der Waals surface area (Å²) in [5.41, 5.74) is -0.868. The van der Waals surface area contributed by atoms with Crippen LogP contribution in [0.4, 0.5) is 9.59 Å². The zero-order valence-corrected chi connectivity index (χ0v) is 35.2. The molecule has 4 atom stereocenters. The number of carbonyl (C=O) groups is 5. The Morgan fingerprint density at radius 2 is 1.61 bits per heavy atom. The van der Waals surface area contributed by atoms with E-state index in [-0.39, 0.29) is 36.9 Å². The average Bonchev–Trinajstić information content (AvgIpc) is 3.59. The van der Waals surface area contributed by atoms with E-state index in [1.54, 1.807) is 25.7 Å². The number of benzene rings is 1. The Balaban J connectivity index is 1.67. The first-order chi connectivity index (χ1) is 26.1. The molecule has 3 rings (SSSR count). The number of alkyl carbamates (subject to hydrolysis) is 2. The second-order valence-corrected chi connectivity index (χ2v) is 17.8. The molecule has 0 spiro atoms. The van der Waals surface area contributed by atoms with Crippen molar-refractivity contribution >= 4 is 30.0 Å². The van der Waals surface area contributed by atoms with Crippen molar-refractivity contribution in [2.45, 2.75) is 155 Å². The Morgan fingerprint density at radius 1 is 0.964 bits per heavy atom. The first kappa shape index (κ1) is 46.2. The summed E-state index contributed by atoms with van der Waals surface area (Å²) >= 11 is 0. The molecule has 2 aliphatic heterocycles. The summed E-state index contributed by atoms with van der Waals surface area (Å²) in [5.74, 6) is -1.69. The van der Waals surface area contributed by atoms with Gasteiger partial charge in [-0.05, 0) is 98.5 Å². The van der Waals surface area contributed by atoms with E-state index < -0.39 is 58.7 Å². The van der Waals surface area contributed by atoms with Crippen LogP contribution in [0.25, 0.3) is 0 Å². The van der Waals surface area contributed by atoms with Crippen LogP contribution in [0.5, 0.6) is 0 Å². The van der Waals surface area contributed by atoms with Gasteiger partial charge in [0.1, 0.15) is 23.8 Å². The molecule has 2 fully saturated rings. The highest BCUT2D eigenvalue weighted by Crippen LogP contribution is 2.38. The van der Waals surface area contributed by atoms with Crippen molar-refractivity contribution in [2.24, 2.45) is 11.8 Å². The van der Waals surface area contributed by atoms with E-state index in [0.29, 0.717) is 51.5 Å². The van der Waals surface area contributed by atoms with E-state index in [0.717, 1.165) is 5.56 Å². The van der Waals surface area contributed by atoms with Gasteiger partial charge in [0, 0.05) is 37.0 Å². The molecule has 0 unspecified atom stereocenters. The third-order valence-corrected chi connectivity index (χ3v) is 10.1. The Kier molecular flexibility index (Phi) is 16.8. The number of nitrogens with one attached hydrogen (secondary N) is 3. The van der Waals surface area contributed by atoms with Crippen molar-refractivity contribution in [1.82, 2.24) is 25.9 Å². The van der Waals surface area contributed by atoms with Gasteiger partial charge in [-0.3, -0.25) is 9.59 Å². The van der Waals surface area contributed by atoms with Gasteiger partial charge in [0.05, 0.1) is 19.1 Å². The molecule has 0 saturated carbocycles. The molecule has 14 heteroatoms. The first-order valence-corrected chi connectivity index (χ1v) is 20.0. The van der Waals surface area contributed by atoms with Gasteiger partial charge in [-0.25, -0.2) is 14.4 Å². The maximum atomic E-state index is 14.3. The van der Waals surface area contributed by atoms with Crippen LogP contribution >= 0.6 is 0 Å². The van der Waals surface area contributed by atoms with Crippen molar-refractivity contribution in [3.05, 3.63) is 48.0 Å². The number of hydrogen-bond acceptors (Lipinski definition) is 10. The zero-order valence-electron chi connectivity index (χ0n) is 35.2. The van der Waals surface area contributed by atoms with Crippen LogP contribution in [0.15, 0.2) is 42.5 Å². The largest absolute Gasteiger partial charge is 0.467 e. The molecule has 0 aromatic heterocycles. The van der Waals surface area contributed by atoms with Crippen molar-refractivity contribution in [3.8, 4) is 0 Å². The number of rotatable bonds is 16. The standard InChI is InChI=1S/C42H67N5O9/c1-28(2)24-31(44-39(52)56-40(3,4)5)21-20-30(25-29-16-12-11-13-17-29)36(49)46-23-15-19-34(46)35(48)45-33(37(50)54-10)18-14-22-43-38(51)55-32-26-41(6,7)47(53)42(8,9)27-32/h11-13,16-17,20-21,28,30-34,53H,14-15,18-19,22-27H2,1-10H3,(H,43,51)(H,44,52)(H,45,48)/b21-20+/t30-,31-,33+,34+/m1/s1. The summed E-state index contributed by atoms with van der Waals surface area (Å²) < 4.78 is 16.2. The number of methoxy groups -OCH3 is 1. The molecule has 1 aromatic carbocycles. The second kappa shape index (κ2) is 20.3. The number of nitrogens with zero attached hydrogens (tertiary/aromatic N) is 2. The minimum Gasteiger partial charge on any atom is -0.467 e. The second-order valence-electron chi connectivity index (χ2n) is 17.8. The number of carbonyl (C=O) groups excluding carboxylic acids is 5. The van der Waals surface area contributed by atoms with Gasteiger partial charge in [0.25, 0.3) is 0 Å². The smallest absolute Gasteiger partial charge is 0.408 e. The van der Waals surface area contributed by atoms with Gasteiger partial charge in [0.15, 0.2) is 0 Å². The van der Waals surface area contributed by atoms with Gasteiger partial charge in [-0.1, -0.05) is 56.3 Å². The topological polar surface area (TPSA) is 176 Å². The van der Waals surface area contributed by atoms with E-state index >= 15 is 0 Å². The minimum absolute atomic E-state index is 0.184. The molecule has 14 nitrogen and oxygen atoms in total. The predicted molar refractivity (Wildman–Crippen MR) is 213 cm³/mol. The van der Waals surface area contributed by atoms with Crippen molar-refractivity contribution in [3.63, 3.8) is 0 Å². The SMILES string of the molecule is COC(=O)[C@H](CCCNC(=O)OC1CC(C)(C)N(O)C(C)(C)C1)NC(=O)[C@@H]1CCCN1C(=O)[C@H](/C=C/[C@H](CC(C)C)NC(=O)OC(C)(C)C)Cc1ccccc1. The zero-order chi connectivity index (χ0) is 41.8. The van der Waals surface area contributed by atoms with Crippen molar-refractivity contribution in [1.29, 1.82) is 0 Å². The van der Waals surface area contributed by atoms with Gasteiger partial charge >= 0.3 is 18.2 Å². The number of hydroxylamine groups is 2. The predicted octanol–water partition coefficient (Wildman–Crippen LogP) is 5.91. The molecule has 1 aromatic rings. The Hall–Kier alpha value is -4.17. The van der Waals surface area contributed by atoms with Gasteiger partial charge in [0.2, 0.25) is 11.8 Å². The molecule has 0 aliphatic carbocycles. The minimum atomic E-state index is -0.992. The normalized spacial score (nSPS) is 20.2. The van der Waals surface area contributed by atoms with Crippen LogP contribution in [0.2, 0.25) is 0 Å². The van der Waals surface area contributed by atoms with E-state index in [2.05, 4.69) is 29.8 Å². The molecule has 4 N–H and O–H groups in total. The molecule has 0 radical (unpaired) electrons. The Bertz CT molecular complexity index is 1490. The molecular formula is C42H67N5O9. The summed E-state index contributed by atoms with van der Waals surface area (Å²) in [6, 6.07) is 7.45. The Labute approximate surface area is 333 Å². The molecular weight excluding hydrogens is 718 g/mol. The summed E-state index contributed by atoms with van der Waals surface area (Å²) in [7, 11) is 1.24. The number of hydrogen-bond donors (Lipinski definition) is 4. The van der Waals surface area contributed by atoms with E-state index in [1.807, 2.05) is 70.2 Å². The fourth-order valence-corrected chi connectivity index (χ4v) is 7.65. The monoisotopic (exact) mass is 785 g/mol. The molecule has 2 aliphatic rings. The van der Waals surface area contributed by atoms with Gasteiger partial charge < -0.3 is 40.3 Å². The van der Waals surface area contributed by atoms with Crippen LogP contribution in [-0.4, -0.2) is 106 Å². The molecule has 2 heterocycles. The van der Waals surface area contributed by atoms with E-state index in [1.165, 1.54) is 12.2 Å². The van der Waals surface area contributed by atoms with Gasteiger partial charge in [-0.2, -0.15) is 5.06 Å². The van der Waals surface area contributed by atoms with Crippen molar-refractivity contribution in [2.75, 3.05) is 20.2 Å². The lowest BCUT2D eigenvalue weighted by Gasteiger charge is -2.50. The molecule has 0 bridgehead atoms. The molecule has 56 heavy (non-hydrogen) atoms. The summed E-state index contributed by atoms with van der Waals surface area (Å²) in [5, 5.41) is 20.3. The average molecular weight is 786 g/mol. The Morgan fingerprint density at radius 3 is 2.20 bits per heavy atom. The third-order valence-electron chi connectivity index (χ3n) is 10.1. The van der Waals surface area contributed by atoms with Crippen LogP contribution in [0.3, 0.4) is 0 Å². The summed E-state index contributed by atoms with van der Waals surface area (Å²) in [6.07, 6.45) is 5.65. The van der Waals surface area contributed by atoms with Crippen LogP contribution in [0.1, 0.15) is 113 Å². The quantitative estimate of drug-likeness (QED) is 0.0683. The van der Waals surface area contributed by atoms with E-state index in [4.69, 9.17) is 14.2 Å². The lowest BCUT2D eigenvalue weighted by Crippen LogP contribution is -2.60. The highest BCUT2D eigenvalue weighted by Gasteiger charge is 2.46. The van der Waals surface area contributed by atoms with Crippen LogP contribution in [0, 0.1) is 11.8 Å². The summed E-state index contributed by atoms with van der Waals surface area (Å²) in [6.45, 7) is 17.6.